The van der Waals surface area contributed by atoms with E-state index >= 15 is 0 Å². The minimum Gasteiger partial charge on any atom is -0.373 e. The highest BCUT2D eigenvalue weighted by Gasteiger charge is 2.22. The summed E-state index contributed by atoms with van der Waals surface area (Å²) < 4.78 is 0. The molecule has 1 heterocycles. The fraction of sp³-hybridized carbons (Fsp3) is 0.278. The van der Waals surface area contributed by atoms with Crippen molar-refractivity contribution >= 4 is 34.8 Å². The molecular formula is C18H18Cl2N2O. The Morgan fingerprint density at radius 1 is 1.04 bits per heavy atom. The smallest absolute Gasteiger partial charge is 0.227 e. The van der Waals surface area contributed by atoms with E-state index in [1.807, 2.05) is 17.0 Å². The van der Waals surface area contributed by atoms with Gasteiger partial charge in [0, 0.05) is 42.4 Å². The number of fused-ring (bicyclic) bond motifs is 1. The van der Waals surface area contributed by atoms with Gasteiger partial charge < -0.3 is 9.80 Å². The maximum atomic E-state index is 12.7. The molecule has 0 N–H and O–H groups in total. The quantitative estimate of drug-likeness (QED) is 0.818. The molecule has 23 heavy (non-hydrogen) atoms. The van der Waals surface area contributed by atoms with Gasteiger partial charge in [0.1, 0.15) is 0 Å². The molecule has 2 aromatic rings. The summed E-state index contributed by atoms with van der Waals surface area (Å²) in [5.74, 6) is 0.0464. The highest BCUT2D eigenvalue weighted by Crippen LogP contribution is 2.27. The van der Waals surface area contributed by atoms with Crippen molar-refractivity contribution in [1.82, 2.24) is 4.90 Å². The number of rotatable bonds is 2. The fourth-order valence-corrected chi connectivity index (χ4v) is 3.40. The topological polar surface area (TPSA) is 23.6 Å². The number of benzene rings is 2. The lowest BCUT2D eigenvalue weighted by Gasteiger charge is -2.21. The van der Waals surface area contributed by atoms with Crippen LogP contribution in [0.5, 0.6) is 0 Å². The molecule has 1 aliphatic rings. The van der Waals surface area contributed by atoms with Gasteiger partial charge in [-0.15, -0.1) is 0 Å². The normalized spacial score (nSPS) is 14.4. The number of likely N-dealkylation sites (N-methyl/N-ethyl adjacent to an activating group) is 1. The van der Waals surface area contributed by atoms with Gasteiger partial charge in [-0.25, -0.2) is 0 Å². The van der Waals surface area contributed by atoms with Crippen LogP contribution in [0.4, 0.5) is 5.69 Å². The Bertz CT molecular complexity index is 712. The van der Waals surface area contributed by atoms with Gasteiger partial charge in [-0.3, -0.25) is 4.79 Å². The second-order valence-corrected chi connectivity index (χ2v) is 6.56. The number of para-hydroxylation sites is 1. The number of halogens is 2. The van der Waals surface area contributed by atoms with Gasteiger partial charge in [0.15, 0.2) is 0 Å². The molecule has 3 nitrogen and oxygen atoms in total. The zero-order valence-electron chi connectivity index (χ0n) is 12.9. The largest absolute Gasteiger partial charge is 0.373 e. The average Bonchev–Trinajstić information content (AvgIpc) is 2.71. The van der Waals surface area contributed by atoms with Crippen molar-refractivity contribution in [2.45, 2.75) is 13.0 Å². The van der Waals surface area contributed by atoms with E-state index in [0.717, 1.165) is 12.1 Å². The molecule has 0 spiro atoms. The Morgan fingerprint density at radius 3 is 2.48 bits per heavy atom. The van der Waals surface area contributed by atoms with E-state index in [-0.39, 0.29) is 12.3 Å². The number of nitrogens with zero attached hydrogens (tertiary/aromatic N) is 2. The summed E-state index contributed by atoms with van der Waals surface area (Å²) in [6, 6.07) is 13.5. The number of anilines is 1. The molecular weight excluding hydrogens is 331 g/mol. The molecule has 0 unspecified atom stereocenters. The van der Waals surface area contributed by atoms with Gasteiger partial charge in [-0.05, 0) is 29.3 Å². The molecule has 0 aliphatic carbocycles. The summed E-state index contributed by atoms with van der Waals surface area (Å²) in [7, 11) is 2.05. The standard InChI is InChI=1S/C18H18Cl2N2O/c1-21-9-10-22(12-13-5-2-3-8-17(13)21)18(23)11-14-15(19)6-4-7-16(14)20/h2-8H,9-12H2,1H3. The third-order valence-corrected chi connectivity index (χ3v) is 4.92. The third-order valence-electron chi connectivity index (χ3n) is 4.21. The van der Waals surface area contributed by atoms with E-state index in [4.69, 9.17) is 23.2 Å². The molecule has 120 valence electrons. The van der Waals surface area contributed by atoms with Crippen LogP contribution in [0.2, 0.25) is 10.0 Å². The van der Waals surface area contributed by atoms with Crippen LogP contribution in [-0.4, -0.2) is 30.9 Å². The lowest BCUT2D eigenvalue weighted by molar-refractivity contribution is -0.130. The van der Waals surface area contributed by atoms with Gasteiger partial charge in [-0.1, -0.05) is 47.5 Å². The fourth-order valence-electron chi connectivity index (χ4n) is 2.87. The molecule has 3 rings (SSSR count). The molecule has 0 bridgehead atoms. The van der Waals surface area contributed by atoms with Crippen LogP contribution in [0.25, 0.3) is 0 Å². The second kappa shape index (κ2) is 6.81. The minimum absolute atomic E-state index is 0.0464. The first-order valence-electron chi connectivity index (χ1n) is 7.56. The Kier molecular flexibility index (Phi) is 4.79. The van der Waals surface area contributed by atoms with Crippen molar-refractivity contribution in [3.05, 3.63) is 63.6 Å². The van der Waals surface area contributed by atoms with E-state index in [9.17, 15) is 4.79 Å². The summed E-state index contributed by atoms with van der Waals surface area (Å²) in [4.78, 5) is 16.8. The number of amides is 1. The molecule has 0 saturated carbocycles. The van der Waals surface area contributed by atoms with Crippen LogP contribution in [0.3, 0.4) is 0 Å². The zero-order chi connectivity index (χ0) is 16.4. The summed E-state index contributed by atoms with van der Waals surface area (Å²) in [5, 5.41) is 1.08. The highest BCUT2D eigenvalue weighted by molar-refractivity contribution is 6.36. The van der Waals surface area contributed by atoms with E-state index < -0.39 is 0 Å². The van der Waals surface area contributed by atoms with Crippen LogP contribution in [0.1, 0.15) is 11.1 Å². The van der Waals surface area contributed by atoms with Gasteiger partial charge >= 0.3 is 0 Å². The Hall–Kier alpha value is -1.71. The lowest BCUT2D eigenvalue weighted by atomic mass is 10.1. The number of carbonyl (C=O) groups excluding carboxylic acids is 1. The Balaban J connectivity index is 1.81. The monoisotopic (exact) mass is 348 g/mol. The molecule has 1 aliphatic heterocycles. The Labute approximate surface area is 146 Å². The maximum Gasteiger partial charge on any atom is 0.227 e. The summed E-state index contributed by atoms with van der Waals surface area (Å²) in [6.07, 6.45) is 0.227. The molecule has 0 saturated heterocycles. The maximum absolute atomic E-state index is 12.7. The van der Waals surface area contributed by atoms with E-state index in [1.165, 1.54) is 5.69 Å². The SMILES string of the molecule is CN1CCN(C(=O)Cc2c(Cl)cccc2Cl)Cc2ccccc21. The molecule has 0 fully saturated rings. The highest BCUT2D eigenvalue weighted by atomic mass is 35.5. The molecule has 2 aromatic carbocycles. The lowest BCUT2D eigenvalue weighted by Crippen LogP contribution is -2.35. The van der Waals surface area contributed by atoms with Crippen molar-refractivity contribution in [3.63, 3.8) is 0 Å². The molecule has 1 amide bonds. The second-order valence-electron chi connectivity index (χ2n) is 5.74. The molecule has 0 radical (unpaired) electrons. The van der Waals surface area contributed by atoms with E-state index in [1.54, 1.807) is 18.2 Å². The number of hydrogen-bond acceptors (Lipinski definition) is 2. The predicted octanol–water partition coefficient (Wildman–Crippen LogP) is 4.01. The Morgan fingerprint density at radius 2 is 1.74 bits per heavy atom. The van der Waals surface area contributed by atoms with Gasteiger partial charge in [-0.2, -0.15) is 0 Å². The van der Waals surface area contributed by atoms with E-state index in [0.29, 0.717) is 28.7 Å². The van der Waals surface area contributed by atoms with Gasteiger partial charge in [0.25, 0.3) is 0 Å². The first kappa shape index (κ1) is 16.2. The van der Waals surface area contributed by atoms with Crippen molar-refractivity contribution in [3.8, 4) is 0 Å². The van der Waals surface area contributed by atoms with Crippen molar-refractivity contribution in [2.75, 3.05) is 25.0 Å². The first-order chi connectivity index (χ1) is 11.1. The minimum atomic E-state index is 0.0464. The van der Waals surface area contributed by atoms with Crippen molar-refractivity contribution in [2.24, 2.45) is 0 Å². The zero-order valence-corrected chi connectivity index (χ0v) is 14.4. The van der Waals surface area contributed by atoms with Gasteiger partial charge in [0.2, 0.25) is 5.91 Å². The van der Waals surface area contributed by atoms with Crippen LogP contribution >= 0.6 is 23.2 Å². The van der Waals surface area contributed by atoms with E-state index in [2.05, 4.69) is 24.1 Å². The third kappa shape index (κ3) is 3.46. The molecule has 0 atom stereocenters. The van der Waals surface area contributed by atoms with Gasteiger partial charge in [0.05, 0.1) is 6.42 Å². The first-order valence-corrected chi connectivity index (χ1v) is 8.31. The number of hydrogen-bond donors (Lipinski definition) is 0. The van der Waals surface area contributed by atoms with Crippen LogP contribution < -0.4 is 4.90 Å². The summed E-state index contributed by atoms with van der Waals surface area (Å²) in [6.45, 7) is 2.10. The molecule has 5 heteroatoms. The summed E-state index contributed by atoms with van der Waals surface area (Å²) in [5.41, 5.74) is 3.04. The predicted molar refractivity (Wildman–Crippen MR) is 95.3 cm³/mol. The van der Waals surface area contributed by atoms with Crippen LogP contribution in [-0.2, 0) is 17.8 Å². The van der Waals surface area contributed by atoms with Crippen molar-refractivity contribution < 1.29 is 4.79 Å². The van der Waals surface area contributed by atoms with Crippen LogP contribution in [0, 0.1) is 0 Å². The number of carbonyl (C=O) groups is 1. The van der Waals surface area contributed by atoms with Crippen LogP contribution in [0.15, 0.2) is 42.5 Å². The average molecular weight is 349 g/mol. The molecule has 0 aromatic heterocycles. The summed E-state index contributed by atoms with van der Waals surface area (Å²) >= 11 is 12.4. The van der Waals surface area contributed by atoms with Crippen molar-refractivity contribution in [1.29, 1.82) is 0 Å².